The molecule has 0 saturated heterocycles. The highest BCUT2D eigenvalue weighted by Crippen LogP contribution is 2.43. The van der Waals surface area contributed by atoms with E-state index in [-0.39, 0.29) is 10.0 Å². The SMILES string of the molecule is N#CC1(c2cccc(Cl)c2)CCC(O)CC1I. The Labute approximate surface area is 120 Å². The number of halogens is 2. The molecule has 90 valence electrons. The number of hydrogen-bond acceptors (Lipinski definition) is 2. The Morgan fingerprint density at radius 2 is 2.29 bits per heavy atom. The summed E-state index contributed by atoms with van der Waals surface area (Å²) in [6, 6.07) is 9.98. The van der Waals surface area contributed by atoms with Gasteiger partial charge in [0.1, 0.15) is 0 Å². The molecule has 0 bridgehead atoms. The Balaban J connectivity index is 2.41. The van der Waals surface area contributed by atoms with Crippen LogP contribution < -0.4 is 0 Å². The van der Waals surface area contributed by atoms with Crippen LogP contribution >= 0.6 is 34.2 Å². The minimum Gasteiger partial charge on any atom is -0.393 e. The fraction of sp³-hybridized carbons (Fsp3) is 0.462. The molecule has 2 nitrogen and oxygen atoms in total. The summed E-state index contributed by atoms with van der Waals surface area (Å²) in [4.78, 5) is 0. The van der Waals surface area contributed by atoms with E-state index in [0.717, 1.165) is 5.56 Å². The van der Waals surface area contributed by atoms with Crippen LogP contribution in [-0.2, 0) is 5.41 Å². The number of aliphatic hydroxyl groups excluding tert-OH is 1. The smallest absolute Gasteiger partial charge is 0.0941 e. The largest absolute Gasteiger partial charge is 0.393 e. The average molecular weight is 362 g/mol. The molecule has 0 spiro atoms. The van der Waals surface area contributed by atoms with E-state index in [2.05, 4.69) is 28.7 Å². The van der Waals surface area contributed by atoms with Gasteiger partial charge in [-0.25, -0.2) is 0 Å². The third-order valence-electron chi connectivity index (χ3n) is 3.42. The molecule has 1 fully saturated rings. The Hall–Kier alpha value is -0.310. The monoisotopic (exact) mass is 361 g/mol. The second-order valence-electron chi connectivity index (χ2n) is 4.49. The van der Waals surface area contributed by atoms with Gasteiger partial charge in [0.15, 0.2) is 0 Å². The van der Waals surface area contributed by atoms with Gasteiger partial charge in [-0.05, 0) is 37.0 Å². The second-order valence-corrected chi connectivity index (χ2v) is 6.43. The Bertz CT molecular complexity index is 459. The van der Waals surface area contributed by atoms with Gasteiger partial charge in [0.05, 0.1) is 17.6 Å². The van der Waals surface area contributed by atoms with Crippen molar-refractivity contribution in [2.75, 3.05) is 0 Å². The number of rotatable bonds is 1. The molecule has 1 aromatic carbocycles. The normalized spacial score (nSPS) is 33.1. The highest BCUT2D eigenvalue weighted by atomic mass is 127. The van der Waals surface area contributed by atoms with Gasteiger partial charge in [0.2, 0.25) is 0 Å². The lowest BCUT2D eigenvalue weighted by Gasteiger charge is -2.38. The van der Waals surface area contributed by atoms with E-state index in [0.29, 0.717) is 24.3 Å². The Morgan fingerprint density at radius 3 is 2.88 bits per heavy atom. The fourth-order valence-electron chi connectivity index (χ4n) is 2.39. The summed E-state index contributed by atoms with van der Waals surface area (Å²) in [5.41, 5.74) is 0.462. The maximum Gasteiger partial charge on any atom is 0.0941 e. The van der Waals surface area contributed by atoms with E-state index in [4.69, 9.17) is 11.6 Å². The van der Waals surface area contributed by atoms with E-state index in [1.165, 1.54) is 0 Å². The lowest BCUT2D eigenvalue weighted by Crippen LogP contribution is -2.41. The summed E-state index contributed by atoms with van der Waals surface area (Å²) in [5, 5.41) is 19.9. The molecule has 1 aliphatic rings. The molecule has 0 aliphatic heterocycles. The van der Waals surface area contributed by atoms with Gasteiger partial charge in [-0.1, -0.05) is 46.3 Å². The zero-order chi connectivity index (χ0) is 12.5. The van der Waals surface area contributed by atoms with Crippen molar-refractivity contribution in [3.05, 3.63) is 34.9 Å². The van der Waals surface area contributed by atoms with Crippen LogP contribution in [0.3, 0.4) is 0 Å². The summed E-state index contributed by atoms with van der Waals surface area (Å²) in [7, 11) is 0. The zero-order valence-corrected chi connectivity index (χ0v) is 12.1. The summed E-state index contributed by atoms with van der Waals surface area (Å²) in [6.07, 6.45) is 1.76. The number of hydrogen-bond donors (Lipinski definition) is 1. The molecule has 0 heterocycles. The quantitative estimate of drug-likeness (QED) is 0.615. The summed E-state index contributed by atoms with van der Waals surface area (Å²) >= 11 is 8.27. The minimum atomic E-state index is -0.509. The van der Waals surface area contributed by atoms with Crippen LogP contribution in [0.15, 0.2) is 24.3 Å². The number of benzene rings is 1. The molecule has 1 aliphatic carbocycles. The second kappa shape index (κ2) is 5.13. The van der Waals surface area contributed by atoms with Gasteiger partial charge in [-0.2, -0.15) is 5.26 Å². The number of alkyl halides is 1. The molecule has 2 rings (SSSR count). The molecule has 1 saturated carbocycles. The topological polar surface area (TPSA) is 44.0 Å². The predicted molar refractivity (Wildman–Crippen MR) is 76.4 cm³/mol. The van der Waals surface area contributed by atoms with Crippen LogP contribution in [0.1, 0.15) is 24.8 Å². The minimum absolute atomic E-state index is 0.118. The van der Waals surface area contributed by atoms with Gasteiger partial charge in [0.25, 0.3) is 0 Å². The molecular formula is C13H13ClINO. The number of aliphatic hydroxyl groups is 1. The highest BCUT2D eigenvalue weighted by Gasteiger charge is 2.43. The molecular weight excluding hydrogens is 349 g/mol. The Morgan fingerprint density at radius 1 is 1.53 bits per heavy atom. The first-order valence-corrected chi connectivity index (χ1v) is 7.20. The third-order valence-corrected chi connectivity index (χ3v) is 5.23. The van der Waals surface area contributed by atoms with E-state index in [1.54, 1.807) is 0 Å². The van der Waals surface area contributed by atoms with Crippen molar-refractivity contribution in [3.63, 3.8) is 0 Å². The van der Waals surface area contributed by atoms with Crippen molar-refractivity contribution in [1.82, 2.24) is 0 Å². The van der Waals surface area contributed by atoms with E-state index >= 15 is 0 Å². The molecule has 4 heteroatoms. The molecule has 0 aromatic heterocycles. The van der Waals surface area contributed by atoms with Gasteiger partial charge in [-0.15, -0.1) is 0 Å². The molecule has 1 aromatic rings. The molecule has 17 heavy (non-hydrogen) atoms. The van der Waals surface area contributed by atoms with Crippen molar-refractivity contribution < 1.29 is 5.11 Å². The van der Waals surface area contributed by atoms with Crippen LogP contribution in [0.4, 0.5) is 0 Å². The van der Waals surface area contributed by atoms with Gasteiger partial charge in [-0.3, -0.25) is 0 Å². The molecule has 0 amide bonds. The molecule has 0 radical (unpaired) electrons. The first kappa shape index (κ1) is 13.1. The van der Waals surface area contributed by atoms with E-state index in [1.807, 2.05) is 24.3 Å². The number of nitriles is 1. The predicted octanol–water partition coefficient (Wildman–Crippen LogP) is 3.45. The average Bonchev–Trinajstić information content (AvgIpc) is 2.30. The highest BCUT2D eigenvalue weighted by molar-refractivity contribution is 14.1. The summed E-state index contributed by atoms with van der Waals surface area (Å²) < 4.78 is 0.118. The van der Waals surface area contributed by atoms with Crippen LogP contribution in [0, 0.1) is 11.3 Å². The van der Waals surface area contributed by atoms with Crippen LogP contribution in [0.5, 0.6) is 0 Å². The van der Waals surface area contributed by atoms with E-state index in [9.17, 15) is 10.4 Å². The standard InChI is InChI=1S/C13H13ClINO/c14-10-3-1-2-9(6-10)13(8-16)5-4-11(17)7-12(13)15/h1-3,6,11-12,17H,4-5,7H2. The van der Waals surface area contributed by atoms with Crippen LogP contribution in [-0.4, -0.2) is 15.1 Å². The summed E-state index contributed by atoms with van der Waals surface area (Å²) in [5.74, 6) is 0. The molecule has 3 atom stereocenters. The maximum atomic E-state index is 9.67. The van der Waals surface area contributed by atoms with Crippen molar-refractivity contribution in [2.45, 2.75) is 34.7 Å². The first-order chi connectivity index (χ1) is 8.08. The molecule has 1 N–H and O–H groups in total. The van der Waals surface area contributed by atoms with Crippen LogP contribution in [0.2, 0.25) is 5.02 Å². The fourth-order valence-corrected chi connectivity index (χ4v) is 3.98. The van der Waals surface area contributed by atoms with Crippen molar-refractivity contribution >= 4 is 34.2 Å². The lowest BCUT2D eigenvalue weighted by atomic mass is 9.70. The van der Waals surface area contributed by atoms with Crippen molar-refractivity contribution in [2.24, 2.45) is 0 Å². The van der Waals surface area contributed by atoms with Crippen molar-refractivity contribution in [3.8, 4) is 6.07 Å². The summed E-state index contributed by atoms with van der Waals surface area (Å²) in [6.45, 7) is 0. The van der Waals surface area contributed by atoms with E-state index < -0.39 is 5.41 Å². The molecule has 3 unspecified atom stereocenters. The van der Waals surface area contributed by atoms with Gasteiger partial charge in [0, 0.05) is 8.95 Å². The lowest BCUT2D eigenvalue weighted by molar-refractivity contribution is 0.116. The first-order valence-electron chi connectivity index (χ1n) is 5.58. The van der Waals surface area contributed by atoms with Gasteiger partial charge >= 0.3 is 0 Å². The third kappa shape index (κ3) is 2.44. The Kier molecular flexibility index (Phi) is 3.96. The van der Waals surface area contributed by atoms with Crippen LogP contribution in [0.25, 0.3) is 0 Å². The zero-order valence-electron chi connectivity index (χ0n) is 9.24. The maximum absolute atomic E-state index is 9.67. The van der Waals surface area contributed by atoms with Gasteiger partial charge < -0.3 is 5.11 Å². The number of nitrogens with zero attached hydrogens (tertiary/aromatic N) is 1. The van der Waals surface area contributed by atoms with Crippen molar-refractivity contribution in [1.29, 1.82) is 5.26 Å².